The third kappa shape index (κ3) is 3.37. The van der Waals surface area contributed by atoms with E-state index >= 15 is 0 Å². The lowest BCUT2D eigenvalue weighted by atomic mass is 9.93. The molecule has 1 heterocycles. The van der Waals surface area contributed by atoms with E-state index in [0.29, 0.717) is 13.1 Å². The van der Waals surface area contributed by atoms with Crippen molar-refractivity contribution in [3.8, 4) is 0 Å². The fourth-order valence-corrected chi connectivity index (χ4v) is 4.71. The Labute approximate surface area is 141 Å². The molecule has 0 spiro atoms. The predicted molar refractivity (Wildman–Crippen MR) is 88.2 cm³/mol. The summed E-state index contributed by atoms with van der Waals surface area (Å²) in [5.74, 6) is -0.642. The van der Waals surface area contributed by atoms with Gasteiger partial charge in [-0.3, -0.25) is 4.79 Å². The van der Waals surface area contributed by atoms with E-state index in [1.54, 1.807) is 4.90 Å². The highest BCUT2D eigenvalue weighted by Crippen LogP contribution is 2.23. The molecule has 7 heteroatoms. The summed E-state index contributed by atoms with van der Waals surface area (Å²) in [4.78, 5) is 13.9. The molecule has 0 N–H and O–H groups in total. The van der Waals surface area contributed by atoms with E-state index in [-0.39, 0.29) is 29.8 Å². The van der Waals surface area contributed by atoms with E-state index in [0.717, 1.165) is 25.3 Å². The summed E-state index contributed by atoms with van der Waals surface area (Å²) < 4.78 is 40.2. The van der Waals surface area contributed by atoms with Crippen LogP contribution in [0.4, 0.5) is 4.39 Å². The second-order valence-corrected chi connectivity index (χ2v) is 8.05. The van der Waals surface area contributed by atoms with Gasteiger partial charge in [0.15, 0.2) is 0 Å². The van der Waals surface area contributed by atoms with Gasteiger partial charge in [0, 0.05) is 32.1 Å². The number of sulfonamides is 1. The molecule has 3 rings (SSSR count). The van der Waals surface area contributed by atoms with Gasteiger partial charge in [0.05, 0.1) is 0 Å². The van der Waals surface area contributed by atoms with Gasteiger partial charge in [-0.15, -0.1) is 0 Å². The Balaban J connectivity index is 1.65. The molecule has 0 radical (unpaired) electrons. The first kappa shape index (κ1) is 17.1. The molecule has 0 aromatic heterocycles. The van der Waals surface area contributed by atoms with Crippen LogP contribution < -0.4 is 0 Å². The van der Waals surface area contributed by atoms with Crippen molar-refractivity contribution in [1.29, 1.82) is 0 Å². The maximum absolute atomic E-state index is 13.8. The lowest BCUT2D eigenvalue weighted by Crippen LogP contribution is -2.52. The molecule has 1 aromatic carbocycles. The third-order valence-electron chi connectivity index (χ3n) is 4.62. The second-order valence-electron chi connectivity index (χ2n) is 6.14. The van der Waals surface area contributed by atoms with Crippen LogP contribution in [-0.2, 0) is 14.8 Å². The van der Waals surface area contributed by atoms with Crippen LogP contribution in [-0.4, -0.2) is 49.7 Å². The number of rotatable bonds is 3. The molecule has 0 saturated carbocycles. The van der Waals surface area contributed by atoms with Crippen LogP contribution in [0.25, 0.3) is 0 Å². The van der Waals surface area contributed by atoms with E-state index in [9.17, 15) is 17.6 Å². The van der Waals surface area contributed by atoms with E-state index < -0.39 is 15.8 Å². The van der Waals surface area contributed by atoms with Crippen molar-refractivity contribution in [3.05, 3.63) is 42.2 Å². The summed E-state index contributed by atoms with van der Waals surface area (Å²) in [5.41, 5.74) is 0. The van der Waals surface area contributed by atoms with E-state index in [2.05, 4.69) is 6.08 Å². The van der Waals surface area contributed by atoms with Crippen molar-refractivity contribution < 1.29 is 17.6 Å². The summed E-state index contributed by atoms with van der Waals surface area (Å²) in [7, 11) is -3.86. The fraction of sp³-hybridized carbons (Fsp3) is 0.471. The Morgan fingerprint density at radius 2 is 1.79 bits per heavy atom. The largest absolute Gasteiger partial charge is 0.340 e. The average Bonchev–Trinajstić information content (AvgIpc) is 2.62. The Morgan fingerprint density at radius 1 is 1.08 bits per heavy atom. The van der Waals surface area contributed by atoms with Crippen LogP contribution in [0.3, 0.4) is 0 Å². The molecule has 0 unspecified atom stereocenters. The highest BCUT2D eigenvalue weighted by Gasteiger charge is 2.33. The molecular formula is C17H21FN2O3S. The zero-order chi connectivity index (χ0) is 17.2. The van der Waals surface area contributed by atoms with E-state index in [4.69, 9.17) is 0 Å². The van der Waals surface area contributed by atoms with Crippen LogP contribution in [0.2, 0.25) is 0 Å². The standard InChI is InChI=1S/C17H21FN2O3S/c18-15-8-4-5-9-16(15)24(22,23)20-12-10-19(11-13-20)17(21)14-6-2-1-3-7-14/h1-2,4-5,8-9,14H,3,6-7,10-13H2/t14-/m0/s1. The van der Waals surface area contributed by atoms with Gasteiger partial charge in [-0.05, 0) is 31.4 Å². The van der Waals surface area contributed by atoms with Gasteiger partial charge >= 0.3 is 0 Å². The van der Waals surface area contributed by atoms with Crippen molar-refractivity contribution in [2.75, 3.05) is 26.2 Å². The van der Waals surface area contributed by atoms with Crippen molar-refractivity contribution >= 4 is 15.9 Å². The van der Waals surface area contributed by atoms with Crippen LogP contribution in [0, 0.1) is 11.7 Å². The molecule has 2 aliphatic rings. The number of nitrogens with zero attached hydrogens (tertiary/aromatic N) is 2. The van der Waals surface area contributed by atoms with Crippen molar-refractivity contribution in [2.45, 2.75) is 24.2 Å². The van der Waals surface area contributed by atoms with Crippen molar-refractivity contribution in [3.63, 3.8) is 0 Å². The van der Waals surface area contributed by atoms with Gasteiger partial charge in [0.25, 0.3) is 0 Å². The first-order valence-corrected chi connectivity index (χ1v) is 9.62. The minimum absolute atomic E-state index is 0.00437. The van der Waals surface area contributed by atoms with E-state index in [1.807, 2.05) is 6.08 Å². The van der Waals surface area contributed by atoms with Gasteiger partial charge in [0.1, 0.15) is 10.7 Å². The number of allylic oxidation sites excluding steroid dienone is 2. The molecule has 1 saturated heterocycles. The first-order valence-electron chi connectivity index (χ1n) is 8.18. The summed E-state index contributed by atoms with van der Waals surface area (Å²) in [6.45, 7) is 1.11. The molecule has 130 valence electrons. The Kier molecular flexibility index (Phi) is 5.01. The zero-order valence-electron chi connectivity index (χ0n) is 13.4. The normalized spacial score (nSPS) is 22.5. The molecule has 24 heavy (non-hydrogen) atoms. The monoisotopic (exact) mass is 352 g/mol. The first-order chi connectivity index (χ1) is 11.5. The number of hydrogen-bond donors (Lipinski definition) is 0. The number of carbonyl (C=O) groups is 1. The molecule has 1 aliphatic heterocycles. The van der Waals surface area contributed by atoms with Gasteiger partial charge in [0.2, 0.25) is 15.9 Å². The highest BCUT2D eigenvalue weighted by molar-refractivity contribution is 7.89. The molecule has 1 atom stereocenters. The molecule has 1 aromatic rings. The topological polar surface area (TPSA) is 57.7 Å². The molecule has 5 nitrogen and oxygen atoms in total. The second kappa shape index (κ2) is 7.03. The Hall–Kier alpha value is -1.73. The predicted octanol–water partition coefficient (Wildman–Crippen LogP) is 2.01. The zero-order valence-corrected chi connectivity index (χ0v) is 14.2. The lowest BCUT2D eigenvalue weighted by molar-refractivity contribution is -0.137. The van der Waals surface area contributed by atoms with Gasteiger partial charge < -0.3 is 4.90 Å². The maximum atomic E-state index is 13.8. The average molecular weight is 352 g/mol. The number of benzene rings is 1. The summed E-state index contributed by atoms with van der Waals surface area (Å²) >= 11 is 0. The number of amides is 1. The Bertz CT molecular complexity index is 740. The van der Waals surface area contributed by atoms with Crippen molar-refractivity contribution in [1.82, 2.24) is 9.21 Å². The summed E-state index contributed by atoms with van der Waals surface area (Å²) in [6, 6.07) is 5.38. The quantitative estimate of drug-likeness (QED) is 0.782. The van der Waals surface area contributed by atoms with Gasteiger partial charge in [-0.1, -0.05) is 24.3 Å². The van der Waals surface area contributed by atoms with Crippen LogP contribution in [0.5, 0.6) is 0 Å². The van der Waals surface area contributed by atoms with Crippen LogP contribution >= 0.6 is 0 Å². The highest BCUT2D eigenvalue weighted by atomic mass is 32.2. The summed E-state index contributed by atoms with van der Waals surface area (Å²) in [6.07, 6.45) is 6.64. The third-order valence-corrected chi connectivity index (χ3v) is 6.55. The number of hydrogen-bond acceptors (Lipinski definition) is 3. The lowest BCUT2D eigenvalue weighted by Gasteiger charge is -2.36. The fourth-order valence-electron chi connectivity index (χ4n) is 3.22. The SMILES string of the molecule is O=C([C@H]1CC=CCC1)N1CCN(S(=O)(=O)c2ccccc2F)CC1. The smallest absolute Gasteiger partial charge is 0.246 e. The summed E-state index contributed by atoms with van der Waals surface area (Å²) in [5, 5.41) is 0. The molecule has 1 amide bonds. The molecule has 1 aliphatic carbocycles. The van der Waals surface area contributed by atoms with Crippen molar-refractivity contribution in [2.24, 2.45) is 5.92 Å². The minimum Gasteiger partial charge on any atom is -0.340 e. The van der Waals surface area contributed by atoms with Crippen LogP contribution in [0.15, 0.2) is 41.3 Å². The minimum atomic E-state index is -3.86. The number of halogens is 1. The number of carbonyl (C=O) groups excluding carboxylic acids is 1. The Morgan fingerprint density at radius 3 is 2.42 bits per heavy atom. The van der Waals surface area contributed by atoms with E-state index in [1.165, 1.54) is 22.5 Å². The molecule has 1 fully saturated rings. The maximum Gasteiger partial charge on any atom is 0.246 e. The van der Waals surface area contributed by atoms with Crippen LogP contribution in [0.1, 0.15) is 19.3 Å². The van der Waals surface area contributed by atoms with Gasteiger partial charge in [-0.25, -0.2) is 12.8 Å². The molecule has 0 bridgehead atoms. The number of piperazine rings is 1. The van der Waals surface area contributed by atoms with Gasteiger partial charge in [-0.2, -0.15) is 4.31 Å². The molecular weight excluding hydrogens is 331 g/mol.